The van der Waals surface area contributed by atoms with Gasteiger partial charge in [-0.1, -0.05) is 77.8 Å². The zero-order valence-electron chi connectivity index (χ0n) is 12.5. The molecule has 2 heteroatoms. The third kappa shape index (κ3) is 2.89. The summed E-state index contributed by atoms with van der Waals surface area (Å²) < 4.78 is 0. The van der Waals surface area contributed by atoms with E-state index in [-0.39, 0.29) is 0 Å². The molecule has 1 fully saturated rings. The lowest BCUT2D eigenvalue weighted by molar-refractivity contribution is 1.03. The summed E-state index contributed by atoms with van der Waals surface area (Å²) in [6.45, 7) is 0. The smallest absolute Gasteiger partial charge is 0.0406 e. The maximum atomic E-state index is 6.05. The van der Waals surface area contributed by atoms with Gasteiger partial charge in [-0.05, 0) is 58.7 Å². The van der Waals surface area contributed by atoms with E-state index in [4.69, 9.17) is 23.2 Å². The summed E-state index contributed by atoms with van der Waals surface area (Å²) in [5.74, 6) is 1.50. The van der Waals surface area contributed by atoms with Crippen LogP contribution in [-0.4, -0.2) is 0 Å². The average molecular weight is 339 g/mol. The van der Waals surface area contributed by atoms with E-state index in [1.807, 2.05) is 24.3 Å². The standard InChI is InChI=1S/C21H16Cl2/c22-17-10-6-15(7-11-17)20-19(14-4-2-1-3-5-14)21(20)16-8-12-18(23)13-9-16/h1-13,19-21H. The first-order valence-corrected chi connectivity index (χ1v) is 8.55. The van der Waals surface area contributed by atoms with E-state index in [0.717, 1.165) is 10.0 Å². The van der Waals surface area contributed by atoms with Crippen LogP contribution in [0.2, 0.25) is 10.0 Å². The molecular weight excluding hydrogens is 323 g/mol. The summed E-state index contributed by atoms with van der Waals surface area (Å²) in [6, 6.07) is 27.3. The van der Waals surface area contributed by atoms with Crippen molar-refractivity contribution in [3.8, 4) is 0 Å². The topological polar surface area (TPSA) is 0 Å². The Morgan fingerprint density at radius 2 is 0.783 bits per heavy atom. The van der Waals surface area contributed by atoms with Gasteiger partial charge in [-0.25, -0.2) is 0 Å². The maximum absolute atomic E-state index is 6.05. The van der Waals surface area contributed by atoms with Gasteiger partial charge < -0.3 is 0 Å². The molecule has 0 radical (unpaired) electrons. The fourth-order valence-corrected chi connectivity index (χ4v) is 3.85. The van der Waals surface area contributed by atoms with Crippen molar-refractivity contribution in [3.05, 3.63) is 106 Å². The minimum atomic E-state index is 0.496. The highest BCUT2D eigenvalue weighted by atomic mass is 35.5. The molecule has 0 aliphatic heterocycles. The Morgan fingerprint density at radius 1 is 0.435 bits per heavy atom. The third-order valence-corrected chi connectivity index (χ3v) is 5.22. The van der Waals surface area contributed by atoms with Gasteiger partial charge in [-0.2, -0.15) is 0 Å². The van der Waals surface area contributed by atoms with E-state index in [2.05, 4.69) is 54.6 Å². The van der Waals surface area contributed by atoms with E-state index >= 15 is 0 Å². The second kappa shape index (κ2) is 6.03. The molecule has 4 rings (SSSR count). The van der Waals surface area contributed by atoms with Gasteiger partial charge in [0.1, 0.15) is 0 Å². The Kier molecular flexibility index (Phi) is 3.88. The molecule has 1 saturated carbocycles. The van der Waals surface area contributed by atoms with Crippen molar-refractivity contribution >= 4 is 23.2 Å². The molecule has 3 aromatic carbocycles. The van der Waals surface area contributed by atoms with Crippen LogP contribution >= 0.6 is 23.2 Å². The van der Waals surface area contributed by atoms with Gasteiger partial charge in [0.25, 0.3) is 0 Å². The summed E-state index contributed by atoms with van der Waals surface area (Å²) in [5, 5.41) is 1.57. The van der Waals surface area contributed by atoms with Gasteiger partial charge in [0.05, 0.1) is 0 Å². The van der Waals surface area contributed by atoms with Crippen molar-refractivity contribution in [2.45, 2.75) is 17.8 Å². The Morgan fingerprint density at radius 3 is 1.17 bits per heavy atom. The summed E-state index contributed by atoms with van der Waals surface area (Å²) >= 11 is 12.1. The highest BCUT2D eigenvalue weighted by Crippen LogP contribution is 2.66. The van der Waals surface area contributed by atoms with Crippen LogP contribution in [0, 0.1) is 0 Å². The summed E-state index contributed by atoms with van der Waals surface area (Å²) in [4.78, 5) is 0. The molecule has 1 aliphatic rings. The molecule has 0 amide bonds. The maximum Gasteiger partial charge on any atom is 0.0406 e. The Labute approximate surface area is 146 Å². The molecule has 0 nitrogen and oxygen atoms in total. The first-order chi connectivity index (χ1) is 11.2. The van der Waals surface area contributed by atoms with Crippen molar-refractivity contribution in [2.75, 3.05) is 0 Å². The first kappa shape index (κ1) is 14.8. The van der Waals surface area contributed by atoms with E-state index in [1.165, 1.54) is 16.7 Å². The zero-order valence-corrected chi connectivity index (χ0v) is 14.0. The van der Waals surface area contributed by atoms with E-state index in [0.29, 0.717) is 17.8 Å². The van der Waals surface area contributed by atoms with Crippen molar-refractivity contribution < 1.29 is 0 Å². The van der Waals surface area contributed by atoms with Gasteiger partial charge in [0.15, 0.2) is 0 Å². The minimum Gasteiger partial charge on any atom is -0.0843 e. The predicted octanol–water partition coefficient (Wildman–Crippen LogP) is 6.66. The molecule has 23 heavy (non-hydrogen) atoms. The highest BCUT2D eigenvalue weighted by molar-refractivity contribution is 6.30. The Balaban J connectivity index is 1.72. The first-order valence-electron chi connectivity index (χ1n) is 7.80. The summed E-state index contributed by atoms with van der Waals surface area (Å²) in [6.07, 6.45) is 0. The molecule has 0 saturated heterocycles. The zero-order chi connectivity index (χ0) is 15.8. The monoisotopic (exact) mass is 338 g/mol. The third-order valence-electron chi connectivity index (χ3n) is 4.71. The molecule has 3 aromatic rings. The summed E-state index contributed by atoms with van der Waals surface area (Å²) in [5.41, 5.74) is 4.10. The predicted molar refractivity (Wildman–Crippen MR) is 97.6 cm³/mol. The molecule has 0 N–H and O–H groups in total. The van der Waals surface area contributed by atoms with Crippen molar-refractivity contribution in [1.82, 2.24) is 0 Å². The largest absolute Gasteiger partial charge is 0.0843 e. The lowest BCUT2D eigenvalue weighted by atomic mass is 10.0. The number of benzene rings is 3. The van der Waals surface area contributed by atoms with Crippen LogP contribution in [0.5, 0.6) is 0 Å². The lowest BCUT2D eigenvalue weighted by Crippen LogP contribution is -1.84. The van der Waals surface area contributed by atoms with E-state index < -0.39 is 0 Å². The number of hydrogen-bond acceptors (Lipinski definition) is 0. The molecule has 0 bridgehead atoms. The van der Waals surface area contributed by atoms with Crippen molar-refractivity contribution in [1.29, 1.82) is 0 Å². The van der Waals surface area contributed by atoms with Gasteiger partial charge in [-0.3, -0.25) is 0 Å². The van der Waals surface area contributed by atoms with E-state index in [1.54, 1.807) is 0 Å². The van der Waals surface area contributed by atoms with Gasteiger partial charge in [0.2, 0.25) is 0 Å². The molecule has 0 spiro atoms. The van der Waals surface area contributed by atoms with Crippen LogP contribution in [0.3, 0.4) is 0 Å². The molecule has 2 unspecified atom stereocenters. The number of rotatable bonds is 3. The SMILES string of the molecule is Clc1ccc(C2C(c3ccccc3)C2c2ccc(Cl)cc2)cc1. The van der Waals surface area contributed by atoms with Crippen LogP contribution in [0.1, 0.15) is 34.4 Å². The second-order valence-corrected chi connectivity index (χ2v) is 6.96. The Bertz CT molecular complexity index is 740. The lowest BCUT2D eigenvalue weighted by Gasteiger charge is -2.01. The van der Waals surface area contributed by atoms with Crippen LogP contribution in [0.15, 0.2) is 78.9 Å². The average Bonchev–Trinajstić information content (AvgIpc) is 3.32. The van der Waals surface area contributed by atoms with Crippen molar-refractivity contribution in [2.24, 2.45) is 0 Å². The summed E-state index contributed by atoms with van der Waals surface area (Å²) in [7, 11) is 0. The van der Waals surface area contributed by atoms with Crippen LogP contribution in [-0.2, 0) is 0 Å². The quantitative estimate of drug-likeness (QED) is 0.500. The molecule has 1 aliphatic carbocycles. The van der Waals surface area contributed by atoms with Gasteiger partial charge in [0, 0.05) is 10.0 Å². The van der Waals surface area contributed by atoms with Crippen LogP contribution < -0.4 is 0 Å². The Hall–Kier alpha value is -1.76. The highest BCUT2D eigenvalue weighted by Gasteiger charge is 2.52. The molecule has 2 atom stereocenters. The minimum absolute atomic E-state index is 0.496. The van der Waals surface area contributed by atoms with E-state index in [9.17, 15) is 0 Å². The second-order valence-electron chi connectivity index (χ2n) is 6.09. The molecular formula is C21H16Cl2. The normalized spacial score (nSPS) is 22.8. The van der Waals surface area contributed by atoms with Crippen LogP contribution in [0.25, 0.3) is 0 Å². The fraction of sp³-hybridized carbons (Fsp3) is 0.143. The molecule has 0 aromatic heterocycles. The number of halogens is 2. The molecule has 114 valence electrons. The van der Waals surface area contributed by atoms with Crippen LogP contribution in [0.4, 0.5) is 0 Å². The van der Waals surface area contributed by atoms with Crippen molar-refractivity contribution in [3.63, 3.8) is 0 Å². The number of hydrogen-bond donors (Lipinski definition) is 0. The van der Waals surface area contributed by atoms with Gasteiger partial charge >= 0.3 is 0 Å². The molecule has 0 heterocycles. The van der Waals surface area contributed by atoms with Gasteiger partial charge in [-0.15, -0.1) is 0 Å². The fourth-order valence-electron chi connectivity index (χ4n) is 3.60.